The highest BCUT2D eigenvalue weighted by atomic mass is 35.5. The van der Waals surface area contributed by atoms with Crippen LogP contribution in [-0.2, 0) is 11.2 Å². The van der Waals surface area contributed by atoms with Gasteiger partial charge in [0.1, 0.15) is 0 Å². The third kappa shape index (κ3) is 5.28. The topological polar surface area (TPSA) is 55.1 Å². The number of rotatable bonds is 6. The largest absolute Gasteiger partial charge is 0.399 e. The van der Waals surface area contributed by atoms with Gasteiger partial charge < -0.3 is 11.1 Å². The Morgan fingerprint density at radius 2 is 1.73 bits per heavy atom. The lowest BCUT2D eigenvalue weighted by Gasteiger charge is -2.08. The molecule has 0 heterocycles. The van der Waals surface area contributed by atoms with E-state index in [1.807, 2.05) is 66.7 Å². The minimum Gasteiger partial charge on any atom is -0.399 e. The van der Waals surface area contributed by atoms with Crippen LogP contribution in [0.4, 0.5) is 11.4 Å². The van der Waals surface area contributed by atoms with E-state index >= 15 is 0 Å². The number of halogens is 1. The highest BCUT2D eigenvalue weighted by molar-refractivity contribution is 7.99. The summed E-state index contributed by atoms with van der Waals surface area (Å²) in [6.45, 7) is 0. The fraction of sp³-hybridized carbons (Fsp3) is 0.0952. The first-order chi connectivity index (χ1) is 12.6. The Labute approximate surface area is 162 Å². The van der Waals surface area contributed by atoms with Crippen LogP contribution in [0.3, 0.4) is 0 Å². The molecular formula is C21H19ClN2OS. The van der Waals surface area contributed by atoms with Gasteiger partial charge in [0.2, 0.25) is 5.91 Å². The third-order valence-electron chi connectivity index (χ3n) is 3.81. The number of nitrogens with two attached hydrogens (primary N) is 1. The van der Waals surface area contributed by atoms with Crippen molar-refractivity contribution >= 4 is 40.6 Å². The van der Waals surface area contributed by atoms with E-state index in [1.165, 1.54) is 0 Å². The van der Waals surface area contributed by atoms with Crippen LogP contribution >= 0.6 is 23.4 Å². The number of amides is 1. The van der Waals surface area contributed by atoms with Gasteiger partial charge in [0.15, 0.2) is 0 Å². The predicted octanol–water partition coefficient (Wildman–Crippen LogP) is 5.64. The first kappa shape index (κ1) is 18.4. The van der Waals surface area contributed by atoms with Crippen molar-refractivity contribution in [3.05, 3.63) is 83.4 Å². The standard InChI is InChI=1S/C21H19ClN2OS/c22-19-14-16(23)7-12-20(19)26-18-10-8-17(9-11-18)24-21(25)13-6-15-4-2-1-3-5-15/h1-5,7-12,14H,6,13,23H2,(H,24,25). The number of nitrogens with one attached hydrogen (secondary N) is 1. The van der Waals surface area contributed by atoms with Crippen LogP contribution in [0.5, 0.6) is 0 Å². The fourth-order valence-electron chi connectivity index (χ4n) is 2.46. The SMILES string of the molecule is Nc1ccc(Sc2ccc(NC(=O)CCc3ccccc3)cc2)c(Cl)c1. The Morgan fingerprint density at radius 1 is 1.00 bits per heavy atom. The number of anilines is 2. The van der Waals surface area contributed by atoms with Crippen molar-refractivity contribution in [2.75, 3.05) is 11.1 Å². The van der Waals surface area contributed by atoms with Crippen molar-refractivity contribution < 1.29 is 4.79 Å². The van der Waals surface area contributed by atoms with Gasteiger partial charge in [-0.05, 0) is 54.4 Å². The fourth-order valence-corrected chi connectivity index (χ4v) is 3.58. The maximum atomic E-state index is 12.1. The van der Waals surface area contributed by atoms with Crippen LogP contribution in [0.25, 0.3) is 0 Å². The summed E-state index contributed by atoms with van der Waals surface area (Å²) >= 11 is 7.76. The van der Waals surface area contributed by atoms with Crippen LogP contribution < -0.4 is 11.1 Å². The minimum absolute atomic E-state index is 0.0100. The number of carbonyl (C=O) groups is 1. The Kier molecular flexibility index (Phi) is 6.21. The molecule has 132 valence electrons. The molecule has 0 aromatic heterocycles. The lowest BCUT2D eigenvalue weighted by atomic mass is 10.1. The Bertz CT molecular complexity index is 882. The van der Waals surface area contributed by atoms with E-state index in [4.69, 9.17) is 17.3 Å². The van der Waals surface area contributed by atoms with Crippen molar-refractivity contribution in [1.82, 2.24) is 0 Å². The molecule has 5 heteroatoms. The zero-order chi connectivity index (χ0) is 18.4. The first-order valence-electron chi connectivity index (χ1n) is 8.27. The van der Waals surface area contributed by atoms with Crippen molar-refractivity contribution in [2.24, 2.45) is 0 Å². The summed E-state index contributed by atoms with van der Waals surface area (Å²) in [7, 11) is 0. The normalized spacial score (nSPS) is 10.5. The van der Waals surface area contributed by atoms with E-state index in [2.05, 4.69) is 5.32 Å². The van der Waals surface area contributed by atoms with E-state index in [0.29, 0.717) is 17.1 Å². The lowest BCUT2D eigenvalue weighted by Crippen LogP contribution is -2.12. The van der Waals surface area contributed by atoms with E-state index in [9.17, 15) is 4.79 Å². The molecule has 1 amide bonds. The molecule has 3 N–H and O–H groups in total. The summed E-state index contributed by atoms with van der Waals surface area (Å²) in [5, 5.41) is 3.56. The van der Waals surface area contributed by atoms with Gasteiger partial charge in [0.25, 0.3) is 0 Å². The number of hydrogen-bond acceptors (Lipinski definition) is 3. The summed E-state index contributed by atoms with van der Waals surface area (Å²) in [5.41, 5.74) is 8.31. The van der Waals surface area contributed by atoms with Crippen LogP contribution in [0.15, 0.2) is 82.6 Å². The van der Waals surface area contributed by atoms with E-state index < -0.39 is 0 Å². The Hall–Kier alpha value is -2.43. The second-order valence-corrected chi connectivity index (χ2v) is 7.37. The van der Waals surface area contributed by atoms with Crippen LogP contribution in [-0.4, -0.2) is 5.91 Å². The van der Waals surface area contributed by atoms with Crippen molar-refractivity contribution in [3.8, 4) is 0 Å². The van der Waals surface area contributed by atoms with Crippen LogP contribution in [0, 0.1) is 0 Å². The van der Waals surface area contributed by atoms with Gasteiger partial charge in [-0.25, -0.2) is 0 Å². The van der Waals surface area contributed by atoms with Crippen molar-refractivity contribution in [2.45, 2.75) is 22.6 Å². The van der Waals surface area contributed by atoms with E-state index in [0.717, 1.165) is 27.5 Å². The quantitative estimate of drug-likeness (QED) is 0.542. The summed E-state index contributed by atoms with van der Waals surface area (Å²) < 4.78 is 0. The van der Waals surface area contributed by atoms with Gasteiger partial charge in [0.05, 0.1) is 5.02 Å². The number of benzene rings is 3. The van der Waals surface area contributed by atoms with Gasteiger partial charge in [-0.1, -0.05) is 53.7 Å². The molecule has 3 aromatic carbocycles. The monoisotopic (exact) mass is 382 g/mol. The molecule has 0 saturated carbocycles. The summed E-state index contributed by atoms with van der Waals surface area (Å²) in [6, 6.07) is 23.2. The van der Waals surface area contributed by atoms with Gasteiger partial charge >= 0.3 is 0 Å². The second-order valence-electron chi connectivity index (χ2n) is 5.85. The summed E-state index contributed by atoms with van der Waals surface area (Å²) in [6.07, 6.45) is 1.19. The molecule has 0 aliphatic rings. The lowest BCUT2D eigenvalue weighted by molar-refractivity contribution is -0.116. The number of carbonyl (C=O) groups excluding carboxylic acids is 1. The van der Waals surface area contributed by atoms with Gasteiger partial charge in [-0.15, -0.1) is 0 Å². The molecular weight excluding hydrogens is 364 g/mol. The Morgan fingerprint density at radius 3 is 2.42 bits per heavy atom. The molecule has 0 saturated heterocycles. The average Bonchev–Trinajstić information content (AvgIpc) is 2.65. The highest BCUT2D eigenvalue weighted by Crippen LogP contribution is 2.34. The number of hydrogen-bond donors (Lipinski definition) is 2. The molecule has 0 spiro atoms. The molecule has 0 aliphatic heterocycles. The number of nitrogen functional groups attached to an aromatic ring is 1. The van der Waals surface area contributed by atoms with Gasteiger partial charge in [0, 0.05) is 27.6 Å². The zero-order valence-electron chi connectivity index (χ0n) is 14.1. The first-order valence-corrected chi connectivity index (χ1v) is 9.46. The maximum Gasteiger partial charge on any atom is 0.224 e. The highest BCUT2D eigenvalue weighted by Gasteiger charge is 2.06. The van der Waals surface area contributed by atoms with Gasteiger partial charge in [-0.3, -0.25) is 4.79 Å². The summed E-state index contributed by atoms with van der Waals surface area (Å²) in [4.78, 5) is 14.1. The average molecular weight is 383 g/mol. The molecule has 3 nitrogen and oxygen atoms in total. The maximum absolute atomic E-state index is 12.1. The predicted molar refractivity (Wildman–Crippen MR) is 110 cm³/mol. The van der Waals surface area contributed by atoms with E-state index in [1.54, 1.807) is 17.8 Å². The smallest absolute Gasteiger partial charge is 0.224 e. The van der Waals surface area contributed by atoms with Crippen molar-refractivity contribution in [3.63, 3.8) is 0 Å². The van der Waals surface area contributed by atoms with Crippen LogP contribution in [0.1, 0.15) is 12.0 Å². The second kappa shape index (κ2) is 8.79. The van der Waals surface area contributed by atoms with Crippen molar-refractivity contribution in [1.29, 1.82) is 0 Å². The molecule has 0 atom stereocenters. The molecule has 0 unspecified atom stereocenters. The van der Waals surface area contributed by atoms with Gasteiger partial charge in [-0.2, -0.15) is 0 Å². The van der Waals surface area contributed by atoms with E-state index in [-0.39, 0.29) is 5.91 Å². The molecule has 26 heavy (non-hydrogen) atoms. The summed E-state index contributed by atoms with van der Waals surface area (Å²) in [5.74, 6) is 0.0100. The molecule has 3 aromatic rings. The zero-order valence-corrected chi connectivity index (χ0v) is 15.7. The number of aryl methyl sites for hydroxylation is 1. The molecule has 0 bridgehead atoms. The molecule has 0 aliphatic carbocycles. The Balaban J connectivity index is 1.54. The minimum atomic E-state index is 0.0100. The molecule has 0 radical (unpaired) electrons. The molecule has 3 rings (SSSR count). The molecule has 0 fully saturated rings. The third-order valence-corrected chi connectivity index (χ3v) is 5.31. The van der Waals surface area contributed by atoms with Crippen LogP contribution in [0.2, 0.25) is 5.02 Å².